The van der Waals surface area contributed by atoms with Gasteiger partial charge in [-0.05, 0) is 42.0 Å². The smallest absolute Gasteiger partial charge is 0.337 e. The van der Waals surface area contributed by atoms with Gasteiger partial charge in [-0.3, -0.25) is 9.59 Å². The zero-order valence-corrected chi connectivity index (χ0v) is 17.2. The van der Waals surface area contributed by atoms with Crippen molar-refractivity contribution in [1.29, 1.82) is 0 Å². The van der Waals surface area contributed by atoms with Gasteiger partial charge in [0, 0.05) is 25.2 Å². The number of carbonyl (C=O) groups is 3. The van der Waals surface area contributed by atoms with Crippen molar-refractivity contribution >= 4 is 23.9 Å². The number of nitrogens with one attached hydrogen (secondary N) is 1. The molecule has 7 heteroatoms. The van der Waals surface area contributed by atoms with E-state index in [1.807, 2.05) is 0 Å². The van der Waals surface area contributed by atoms with E-state index in [1.54, 1.807) is 73.8 Å². The Morgan fingerprint density at radius 3 is 2.29 bits per heavy atom. The van der Waals surface area contributed by atoms with E-state index < -0.39 is 17.8 Å². The molecule has 0 bridgehead atoms. The minimum atomic E-state index is -0.428. The van der Waals surface area contributed by atoms with Crippen LogP contribution in [0.25, 0.3) is 6.08 Å². The summed E-state index contributed by atoms with van der Waals surface area (Å²) in [6.45, 7) is 0.275. The van der Waals surface area contributed by atoms with Crippen molar-refractivity contribution in [2.24, 2.45) is 0 Å². The van der Waals surface area contributed by atoms with E-state index in [2.05, 4.69) is 5.32 Å². The van der Waals surface area contributed by atoms with Gasteiger partial charge in [-0.1, -0.05) is 30.3 Å². The zero-order chi connectivity index (χ0) is 22.2. The first-order chi connectivity index (χ1) is 15.0. The molecule has 158 valence electrons. The summed E-state index contributed by atoms with van der Waals surface area (Å²) in [5.74, 6) is -0.781. The van der Waals surface area contributed by atoms with Gasteiger partial charge in [0.1, 0.15) is 11.5 Å². The van der Waals surface area contributed by atoms with E-state index in [1.165, 1.54) is 24.3 Å². The molecule has 0 unspecified atom stereocenters. The molecule has 0 spiro atoms. The minimum Gasteiger partial charge on any atom is -0.465 e. The number of ether oxygens (including phenoxy) is 1. The minimum absolute atomic E-state index is 0.0810. The quantitative estimate of drug-likeness (QED) is 0.469. The highest BCUT2D eigenvalue weighted by molar-refractivity contribution is 6.05. The summed E-state index contributed by atoms with van der Waals surface area (Å²) in [5.41, 5.74) is 1.75. The summed E-state index contributed by atoms with van der Waals surface area (Å²) in [6, 6.07) is 18.8. The molecule has 0 saturated carbocycles. The fourth-order valence-corrected chi connectivity index (χ4v) is 2.87. The van der Waals surface area contributed by atoms with Crippen LogP contribution in [0.1, 0.15) is 32.0 Å². The lowest BCUT2D eigenvalue weighted by Crippen LogP contribution is -2.35. The van der Waals surface area contributed by atoms with Gasteiger partial charge in [0.2, 0.25) is 0 Å². The van der Waals surface area contributed by atoms with Crippen molar-refractivity contribution in [2.75, 3.05) is 14.2 Å². The summed E-state index contributed by atoms with van der Waals surface area (Å²) >= 11 is 0. The van der Waals surface area contributed by atoms with Crippen molar-refractivity contribution in [3.05, 3.63) is 101 Å². The molecule has 0 saturated heterocycles. The predicted octanol–water partition coefficient (Wildman–Crippen LogP) is 3.50. The first kappa shape index (κ1) is 21.6. The third-order valence-electron chi connectivity index (χ3n) is 4.49. The number of esters is 1. The summed E-state index contributed by atoms with van der Waals surface area (Å²) < 4.78 is 9.99. The molecule has 3 aromatic rings. The van der Waals surface area contributed by atoms with Crippen LogP contribution < -0.4 is 5.32 Å². The normalized spacial score (nSPS) is 11.0. The average molecular weight is 418 g/mol. The van der Waals surface area contributed by atoms with Gasteiger partial charge in [-0.2, -0.15) is 0 Å². The highest BCUT2D eigenvalue weighted by Crippen LogP contribution is 2.13. The van der Waals surface area contributed by atoms with Crippen molar-refractivity contribution in [2.45, 2.75) is 6.54 Å². The molecule has 0 atom stereocenters. The van der Waals surface area contributed by atoms with Crippen molar-refractivity contribution in [3.63, 3.8) is 0 Å². The van der Waals surface area contributed by atoms with Crippen LogP contribution in [0.4, 0.5) is 0 Å². The van der Waals surface area contributed by atoms with Crippen molar-refractivity contribution in [1.82, 2.24) is 10.2 Å². The maximum atomic E-state index is 13.1. The van der Waals surface area contributed by atoms with E-state index in [9.17, 15) is 14.4 Å². The molecule has 0 aliphatic heterocycles. The van der Waals surface area contributed by atoms with Crippen molar-refractivity contribution < 1.29 is 23.5 Å². The van der Waals surface area contributed by atoms with Crippen LogP contribution in [-0.2, 0) is 16.1 Å². The second-order valence-electron chi connectivity index (χ2n) is 6.74. The lowest BCUT2D eigenvalue weighted by atomic mass is 10.1. The number of hydrogen-bond donors (Lipinski definition) is 1. The summed E-state index contributed by atoms with van der Waals surface area (Å²) in [5, 5.41) is 2.68. The second kappa shape index (κ2) is 10.1. The fourth-order valence-electron chi connectivity index (χ4n) is 2.87. The largest absolute Gasteiger partial charge is 0.465 e. The van der Waals surface area contributed by atoms with Crippen LogP contribution in [0, 0.1) is 0 Å². The first-order valence-corrected chi connectivity index (χ1v) is 9.52. The molecule has 1 heterocycles. The number of rotatable bonds is 7. The lowest BCUT2D eigenvalue weighted by Gasteiger charge is -2.20. The third kappa shape index (κ3) is 5.70. The Bertz CT molecular complexity index is 1070. The molecule has 2 amide bonds. The summed E-state index contributed by atoms with van der Waals surface area (Å²) in [7, 11) is 2.94. The highest BCUT2D eigenvalue weighted by atomic mass is 16.5. The van der Waals surface area contributed by atoms with Crippen LogP contribution in [0.15, 0.2) is 83.1 Å². The van der Waals surface area contributed by atoms with Gasteiger partial charge in [-0.15, -0.1) is 0 Å². The number of hydrogen-bond acceptors (Lipinski definition) is 5. The van der Waals surface area contributed by atoms with E-state index in [0.717, 1.165) is 5.56 Å². The van der Waals surface area contributed by atoms with E-state index in [0.29, 0.717) is 16.9 Å². The molecular formula is C24H22N2O5. The topological polar surface area (TPSA) is 88.8 Å². The van der Waals surface area contributed by atoms with Crippen LogP contribution in [0.3, 0.4) is 0 Å². The number of nitrogens with zero attached hydrogens (tertiary/aromatic N) is 1. The molecule has 7 nitrogen and oxygen atoms in total. The van der Waals surface area contributed by atoms with Gasteiger partial charge < -0.3 is 19.4 Å². The molecular weight excluding hydrogens is 396 g/mol. The van der Waals surface area contributed by atoms with Gasteiger partial charge in [0.05, 0.1) is 18.9 Å². The van der Waals surface area contributed by atoms with Crippen LogP contribution in [-0.4, -0.2) is 36.8 Å². The molecule has 2 aromatic carbocycles. The molecule has 0 radical (unpaired) electrons. The number of furan rings is 1. The Hall–Kier alpha value is -4.13. The van der Waals surface area contributed by atoms with Crippen LogP contribution in [0.2, 0.25) is 0 Å². The number of likely N-dealkylation sites (N-methyl/N-ethyl adjacent to an activating group) is 1. The van der Waals surface area contributed by atoms with Crippen LogP contribution in [0.5, 0.6) is 0 Å². The molecule has 1 N–H and O–H groups in total. The molecule has 1 aromatic heterocycles. The first-order valence-electron chi connectivity index (χ1n) is 9.52. The lowest BCUT2D eigenvalue weighted by molar-refractivity contribution is -0.126. The maximum Gasteiger partial charge on any atom is 0.337 e. The van der Waals surface area contributed by atoms with E-state index in [4.69, 9.17) is 9.15 Å². The fraction of sp³-hybridized carbons (Fsp3) is 0.125. The van der Waals surface area contributed by atoms with Crippen LogP contribution >= 0.6 is 0 Å². The molecule has 31 heavy (non-hydrogen) atoms. The summed E-state index contributed by atoms with van der Waals surface area (Å²) in [6.07, 6.45) is 2.97. The maximum absolute atomic E-state index is 13.1. The number of carbonyl (C=O) groups excluding carboxylic acids is 3. The van der Waals surface area contributed by atoms with Gasteiger partial charge >= 0.3 is 5.97 Å². The number of benzene rings is 2. The Balaban J connectivity index is 1.77. The SMILES string of the molecule is COC(=O)c1ccc(CN(C)C(=O)/C(=C/c2ccco2)NC(=O)c2ccccc2)cc1. The molecule has 0 aliphatic rings. The summed E-state index contributed by atoms with van der Waals surface area (Å²) in [4.78, 5) is 38.7. The Morgan fingerprint density at radius 1 is 0.968 bits per heavy atom. The standard InChI is InChI=1S/C24H22N2O5/c1-26(16-17-10-12-19(13-11-17)24(29)30-2)23(28)21(15-20-9-6-14-31-20)25-22(27)18-7-4-3-5-8-18/h3-15H,16H2,1-2H3,(H,25,27)/b21-15-. The Morgan fingerprint density at radius 2 is 1.68 bits per heavy atom. The molecule has 0 aliphatic carbocycles. The highest BCUT2D eigenvalue weighted by Gasteiger charge is 2.19. The Kier molecular flexibility index (Phi) is 7.01. The van der Waals surface area contributed by atoms with Crippen molar-refractivity contribution in [3.8, 4) is 0 Å². The van der Waals surface area contributed by atoms with Gasteiger partial charge in [-0.25, -0.2) is 4.79 Å². The van der Waals surface area contributed by atoms with Gasteiger partial charge in [0.15, 0.2) is 0 Å². The third-order valence-corrected chi connectivity index (χ3v) is 4.49. The number of amides is 2. The van der Waals surface area contributed by atoms with Gasteiger partial charge in [0.25, 0.3) is 11.8 Å². The van der Waals surface area contributed by atoms with E-state index in [-0.39, 0.29) is 12.2 Å². The monoisotopic (exact) mass is 418 g/mol. The number of methoxy groups -OCH3 is 1. The zero-order valence-electron chi connectivity index (χ0n) is 17.2. The average Bonchev–Trinajstić information content (AvgIpc) is 3.31. The van der Waals surface area contributed by atoms with E-state index >= 15 is 0 Å². The second-order valence-corrected chi connectivity index (χ2v) is 6.74. The predicted molar refractivity (Wildman–Crippen MR) is 115 cm³/mol. The molecule has 3 rings (SSSR count). The molecule has 0 fully saturated rings. The Labute approximate surface area is 179 Å².